The molecule has 1 atom stereocenters. The molecule has 1 aromatic carbocycles. The number of hydrogen-bond acceptors (Lipinski definition) is 6. The Morgan fingerprint density at radius 1 is 1.09 bits per heavy atom. The van der Waals surface area contributed by atoms with Crippen molar-refractivity contribution in [3.63, 3.8) is 0 Å². The highest BCUT2D eigenvalue weighted by Gasteiger charge is 2.35. The summed E-state index contributed by atoms with van der Waals surface area (Å²) in [6.45, 7) is 11.2. The summed E-state index contributed by atoms with van der Waals surface area (Å²) < 4.78 is 2.39. The highest BCUT2D eigenvalue weighted by atomic mass is 32.2. The second-order valence-corrected chi connectivity index (χ2v) is 13.7. The van der Waals surface area contributed by atoms with Crippen molar-refractivity contribution >= 4 is 46.1 Å². The maximum Gasteiger partial charge on any atom is 0.270 e. The number of nitrogens with zero attached hydrogens (tertiary/aromatic N) is 4. The van der Waals surface area contributed by atoms with Crippen LogP contribution in [-0.4, -0.2) is 39.3 Å². The van der Waals surface area contributed by atoms with Crippen LogP contribution in [0.4, 0.5) is 5.82 Å². The summed E-state index contributed by atoms with van der Waals surface area (Å²) in [5.74, 6) is 1.76. The molecule has 6 nitrogen and oxygen atoms in total. The van der Waals surface area contributed by atoms with Crippen molar-refractivity contribution < 1.29 is 4.79 Å². The van der Waals surface area contributed by atoms with E-state index in [9.17, 15) is 14.9 Å². The molecule has 3 heterocycles. The smallest absolute Gasteiger partial charge is 0.270 e. The van der Waals surface area contributed by atoms with Gasteiger partial charge in [-0.3, -0.25) is 19.1 Å². The van der Waals surface area contributed by atoms with E-state index in [-0.39, 0.29) is 17.0 Å². The lowest BCUT2D eigenvalue weighted by molar-refractivity contribution is -0.122. The predicted octanol–water partition coefficient (Wildman–Crippen LogP) is 7.71. The number of benzene rings is 1. The van der Waals surface area contributed by atoms with E-state index in [0.717, 1.165) is 82.3 Å². The number of unbranched alkanes of at least 4 members (excludes halogenated alkanes) is 2. The first kappa shape index (κ1) is 33.0. The molecule has 2 aliphatic rings. The number of aromatic nitrogens is 1. The Morgan fingerprint density at radius 2 is 1.79 bits per heavy atom. The Morgan fingerprint density at radius 3 is 2.42 bits per heavy atom. The molecule has 2 fully saturated rings. The first-order valence-corrected chi connectivity index (χ1v) is 17.3. The molecule has 0 saturated carbocycles. The van der Waals surface area contributed by atoms with Crippen LogP contribution < -0.4 is 10.5 Å². The van der Waals surface area contributed by atoms with E-state index in [4.69, 9.17) is 12.2 Å². The molecule has 0 aliphatic carbocycles. The fourth-order valence-electron chi connectivity index (χ4n) is 6.27. The molecule has 0 spiro atoms. The minimum absolute atomic E-state index is 0.0679. The monoisotopic (exact) mass is 618 g/mol. The van der Waals surface area contributed by atoms with Gasteiger partial charge in [-0.05, 0) is 68.1 Å². The zero-order chi connectivity index (χ0) is 30.9. The molecule has 230 valence electrons. The highest BCUT2D eigenvalue weighted by Crippen LogP contribution is 2.38. The van der Waals surface area contributed by atoms with Crippen LogP contribution in [0.2, 0.25) is 0 Å². The topological polar surface area (TPSA) is 69.3 Å². The number of amides is 1. The van der Waals surface area contributed by atoms with E-state index >= 15 is 0 Å². The Bertz CT molecular complexity index is 1420. The average molecular weight is 619 g/mol. The van der Waals surface area contributed by atoms with Gasteiger partial charge in [-0.25, -0.2) is 0 Å². The van der Waals surface area contributed by atoms with Gasteiger partial charge in [-0.2, -0.15) is 5.26 Å². The van der Waals surface area contributed by atoms with Gasteiger partial charge in [0.25, 0.3) is 11.5 Å². The summed E-state index contributed by atoms with van der Waals surface area (Å²) >= 11 is 7.05. The van der Waals surface area contributed by atoms with Crippen molar-refractivity contribution in [1.82, 2.24) is 9.47 Å². The van der Waals surface area contributed by atoms with Crippen LogP contribution >= 0.6 is 24.0 Å². The van der Waals surface area contributed by atoms with Crippen LogP contribution in [0.25, 0.3) is 6.08 Å². The van der Waals surface area contributed by atoms with Crippen molar-refractivity contribution in [2.24, 2.45) is 11.8 Å². The van der Waals surface area contributed by atoms with E-state index in [1.165, 1.54) is 17.3 Å². The Labute approximate surface area is 267 Å². The van der Waals surface area contributed by atoms with E-state index in [1.54, 1.807) is 9.47 Å². The fraction of sp³-hybridized carbons (Fsp3) is 0.543. The molecule has 2 aliphatic heterocycles. The predicted molar refractivity (Wildman–Crippen MR) is 183 cm³/mol. The third-order valence-electron chi connectivity index (χ3n) is 9.00. The molecule has 43 heavy (non-hydrogen) atoms. The Kier molecular flexibility index (Phi) is 12.1. The maximum absolute atomic E-state index is 13.7. The van der Waals surface area contributed by atoms with Crippen molar-refractivity contribution in [3.8, 4) is 6.07 Å². The van der Waals surface area contributed by atoms with Crippen LogP contribution in [0.15, 0.2) is 40.0 Å². The third-order valence-corrected chi connectivity index (χ3v) is 10.4. The number of thioether (sulfide) groups is 1. The number of hydrogen-bond donors (Lipinski definition) is 0. The second-order valence-electron chi connectivity index (χ2n) is 12.0. The number of anilines is 1. The van der Waals surface area contributed by atoms with Crippen LogP contribution in [0.5, 0.6) is 0 Å². The number of rotatable bonds is 13. The molecule has 2 aromatic rings. The van der Waals surface area contributed by atoms with Crippen LogP contribution in [0.3, 0.4) is 0 Å². The minimum Gasteiger partial charge on any atom is -0.357 e. The number of pyridine rings is 1. The molecule has 2 saturated heterocycles. The van der Waals surface area contributed by atoms with Crippen LogP contribution in [0.1, 0.15) is 94.4 Å². The van der Waals surface area contributed by atoms with Crippen molar-refractivity contribution in [2.75, 3.05) is 24.5 Å². The summed E-state index contributed by atoms with van der Waals surface area (Å²) in [6.07, 6.45) is 11.1. The Hall–Kier alpha value is -2.89. The van der Waals surface area contributed by atoms with Crippen LogP contribution in [-0.2, 0) is 17.8 Å². The standard InChI is InChI=1S/C35H46N4O2S2/c1-5-8-13-26(7-3)24-39-34(41)31(43-35(39)42)22-29-25(4)30(23-36)33(40)38(18-9-6-2)32(29)37-19-16-28(17-20-37)21-27-14-11-10-12-15-27/h10-12,14-15,22,26,28H,5-9,13,16-21,24H2,1-4H3/b31-22+. The van der Waals surface area contributed by atoms with E-state index in [2.05, 4.69) is 62.1 Å². The second kappa shape index (κ2) is 15.7. The summed E-state index contributed by atoms with van der Waals surface area (Å²) in [5.41, 5.74) is 2.72. The molecule has 0 radical (unpaired) electrons. The summed E-state index contributed by atoms with van der Waals surface area (Å²) in [6, 6.07) is 12.8. The van der Waals surface area contributed by atoms with Gasteiger partial charge < -0.3 is 4.90 Å². The minimum atomic E-state index is -0.235. The van der Waals surface area contributed by atoms with Gasteiger partial charge in [0.05, 0.1) is 4.91 Å². The van der Waals surface area contributed by atoms with Gasteiger partial charge in [0.2, 0.25) is 0 Å². The molecule has 1 amide bonds. The van der Waals surface area contributed by atoms with Gasteiger partial charge in [0.1, 0.15) is 21.8 Å². The van der Waals surface area contributed by atoms with Crippen molar-refractivity contribution in [1.29, 1.82) is 5.26 Å². The van der Waals surface area contributed by atoms with Crippen molar-refractivity contribution in [3.05, 3.63) is 67.8 Å². The molecule has 4 rings (SSSR count). The summed E-state index contributed by atoms with van der Waals surface area (Å²) in [5, 5.41) is 10.0. The normalized spacial score (nSPS) is 17.6. The first-order chi connectivity index (χ1) is 20.8. The molecular weight excluding hydrogens is 573 g/mol. The molecule has 0 N–H and O–H groups in total. The van der Waals surface area contributed by atoms with Gasteiger partial charge in [0.15, 0.2) is 0 Å². The summed E-state index contributed by atoms with van der Waals surface area (Å²) in [7, 11) is 0. The zero-order valence-corrected chi connectivity index (χ0v) is 27.9. The van der Waals surface area contributed by atoms with Gasteiger partial charge in [0, 0.05) is 31.7 Å². The molecule has 8 heteroatoms. The molecular formula is C35H46N4O2S2. The molecule has 1 unspecified atom stereocenters. The maximum atomic E-state index is 13.7. The number of thiocarbonyl (C=S) groups is 1. The van der Waals surface area contributed by atoms with Gasteiger partial charge in [-0.15, -0.1) is 0 Å². The highest BCUT2D eigenvalue weighted by molar-refractivity contribution is 8.26. The third kappa shape index (κ3) is 7.80. The van der Waals surface area contributed by atoms with Crippen LogP contribution in [0, 0.1) is 30.1 Å². The lowest BCUT2D eigenvalue weighted by Crippen LogP contribution is -2.40. The van der Waals surface area contributed by atoms with E-state index < -0.39 is 0 Å². The van der Waals surface area contributed by atoms with Gasteiger partial charge in [-0.1, -0.05) is 101 Å². The first-order valence-electron chi connectivity index (χ1n) is 16.0. The number of carbonyl (C=O) groups is 1. The van der Waals surface area contributed by atoms with Crippen molar-refractivity contribution in [2.45, 2.75) is 92.0 Å². The average Bonchev–Trinajstić information content (AvgIpc) is 3.28. The largest absolute Gasteiger partial charge is 0.357 e. The molecule has 0 bridgehead atoms. The summed E-state index contributed by atoms with van der Waals surface area (Å²) in [4.78, 5) is 32.1. The van der Waals surface area contributed by atoms with E-state index in [0.29, 0.717) is 39.7 Å². The number of carbonyl (C=O) groups excluding carboxylic acids is 1. The fourth-order valence-corrected chi connectivity index (χ4v) is 7.53. The number of nitriles is 1. The van der Waals surface area contributed by atoms with Gasteiger partial charge >= 0.3 is 0 Å². The quantitative estimate of drug-likeness (QED) is 0.169. The zero-order valence-electron chi connectivity index (χ0n) is 26.2. The number of piperidine rings is 1. The Balaban J connectivity index is 1.70. The van der Waals surface area contributed by atoms with E-state index in [1.807, 2.05) is 13.0 Å². The SMILES string of the molecule is CCCCC(CC)CN1C(=O)/C(=C\c2c(C)c(C#N)c(=O)n(CCCC)c2N2CCC(Cc3ccccc3)CC2)SC1=S. The lowest BCUT2D eigenvalue weighted by Gasteiger charge is -2.36. The molecule has 1 aromatic heterocycles. The lowest BCUT2D eigenvalue weighted by atomic mass is 9.90.